The van der Waals surface area contributed by atoms with Crippen molar-refractivity contribution in [2.24, 2.45) is 0 Å². The number of benzene rings is 2. The molecule has 0 atom stereocenters. The minimum Gasteiger partial charge on any atom is -0.326 e. The fraction of sp³-hybridized carbons (Fsp3) is 0.150. The molecule has 0 radical (unpaired) electrons. The van der Waals surface area contributed by atoms with Gasteiger partial charge in [-0.1, -0.05) is 42.0 Å². The predicted molar refractivity (Wildman–Crippen MR) is 100 cm³/mol. The van der Waals surface area contributed by atoms with Crippen LogP contribution in [-0.4, -0.2) is 15.7 Å². The molecule has 3 aromatic rings. The molecule has 0 spiro atoms. The molecule has 3 rings (SSSR count). The summed E-state index contributed by atoms with van der Waals surface area (Å²) in [7, 11) is 0. The molecule has 0 aliphatic carbocycles. The van der Waals surface area contributed by atoms with Crippen LogP contribution in [0.1, 0.15) is 16.7 Å². The largest absolute Gasteiger partial charge is 0.326 e. The zero-order valence-electron chi connectivity index (χ0n) is 14.4. The van der Waals surface area contributed by atoms with Crippen LogP contribution in [0.3, 0.4) is 0 Å². The molecule has 132 valence electrons. The molecular formula is C20H19N3O3. The lowest BCUT2D eigenvalue weighted by Gasteiger charge is -2.09. The van der Waals surface area contributed by atoms with Gasteiger partial charge in [0.25, 0.3) is 11.1 Å². The average molecular weight is 349 g/mol. The number of hydrogen-bond acceptors (Lipinski definition) is 3. The van der Waals surface area contributed by atoms with Crippen molar-refractivity contribution in [2.45, 2.75) is 19.9 Å². The summed E-state index contributed by atoms with van der Waals surface area (Å²) in [6.07, 6.45) is 0.288. The summed E-state index contributed by atoms with van der Waals surface area (Å²) in [6.45, 7) is 2.22. The van der Waals surface area contributed by atoms with Crippen LogP contribution in [0, 0.1) is 6.92 Å². The van der Waals surface area contributed by atoms with Gasteiger partial charge in [-0.05, 0) is 30.2 Å². The summed E-state index contributed by atoms with van der Waals surface area (Å²) in [5, 5.41) is 5.34. The molecule has 1 amide bonds. The molecule has 0 unspecified atom stereocenters. The highest BCUT2D eigenvalue weighted by Gasteiger charge is 2.06. The monoisotopic (exact) mass is 349 g/mol. The van der Waals surface area contributed by atoms with Crippen LogP contribution < -0.4 is 16.4 Å². The van der Waals surface area contributed by atoms with Gasteiger partial charge in [0.2, 0.25) is 5.91 Å². The van der Waals surface area contributed by atoms with Crippen molar-refractivity contribution < 1.29 is 4.79 Å². The molecule has 0 aliphatic heterocycles. The lowest BCUT2D eigenvalue weighted by molar-refractivity contribution is -0.115. The van der Waals surface area contributed by atoms with Gasteiger partial charge in [-0.3, -0.25) is 19.5 Å². The quantitative estimate of drug-likeness (QED) is 0.740. The minimum absolute atomic E-state index is 0.115. The SMILES string of the molecule is Cc1ccc(CC(=O)Nc2cccc(Cn3[nH]c(=O)ccc3=O)c2)cc1. The normalized spacial score (nSPS) is 10.5. The maximum atomic E-state index is 12.2. The number of carbonyl (C=O) groups is 1. The number of H-pyrrole nitrogens is 1. The van der Waals surface area contributed by atoms with Crippen molar-refractivity contribution in [3.63, 3.8) is 0 Å². The third-order valence-corrected chi connectivity index (χ3v) is 3.93. The molecule has 6 heteroatoms. The second-order valence-electron chi connectivity index (χ2n) is 6.14. The second kappa shape index (κ2) is 7.65. The smallest absolute Gasteiger partial charge is 0.265 e. The van der Waals surface area contributed by atoms with Gasteiger partial charge in [0.1, 0.15) is 0 Å². The number of hydrogen-bond donors (Lipinski definition) is 2. The third kappa shape index (κ3) is 4.57. The molecule has 0 fully saturated rings. The molecule has 1 heterocycles. The number of aromatic nitrogens is 2. The molecule has 0 bridgehead atoms. The third-order valence-electron chi connectivity index (χ3n) is 3.93. The van der Waals surface area contributed by atoms with E-state index < -0.39 is 0 Å². The van der Waals surface area contributed by atoms with Crippen LogP contribution in [-0.2, 0) is 17.8 Å². The van der Waals surface area contributed by atoms with Gasteiger partial charge >= 0.3 is 0 Å². The van der Waals surface area contributed by atoms with Gasteiger partial charge in [-0.25, -0.2) is 4.68 Å². The van der Waals surface area contributed by atoms with Gasteiger partial charge in [0.15, 0.2) is 0 Å². The Balaban J connectivity index is 1.69. The Morgan fingerprint density at radius 2 is 1.77 bits per heavy atom. The maximum absolute atomic E-state index is 12.2. The highest BCUT2D eigenvalue weighted by Crippen LogP contribution is 2.12. The molecule has 26 heavy (non-hydrogen) atoms. The van der Waals surface area contributed by atoms with E-state index in [1.54, 1.807) is 18.2 Å². The second-order valence-corrected chi connectivity index (χ2v) is 6.14. The number of nitrogens with zero attached hydrogens (tertiary/aromatic N) is 1. The fourth-order valence-corrected chi connectivity index (χ4v) is 2.61. The van der Waals surface area contributed by atoms with Crippen LogP contribution in [0.15, 0.2) is 70.3 Å². The number of rotatable bonds is 5. The van der Waals surface area contributed by atoms with Crippen molar-refractivity contribution in [1.82, 2.24) is 9.78 Å². The Labute approximate surface area is 150 Å². The van der Waals surface area contributed by atoms with Crippen LogP contribution in [0.5, 0.6) is 0 Å². The summed E-state index contributed by atoms with van der Waals surface area (Å²) in [5.41, 5.74) is 2.90. The van der Waals surface area contributed by atoms with Gasteiger partial charge in [-0.15, -0.1) is 0 Å². The van der Waals surface area contributed by atoms with E-state index >= 15 is 0 Å². The number of aryl methyl sites for hydroxylation is 1. The van der Waals surface area contributed by atoms with Crippen LogP contribution in [0.4, 0.5) is 5.69 Å². The summed E-state index contributed by atoms with van der Waals surface area (Å²) in [5.74, 6) is -0.115. The summed E-state index contributed by atoms with van der Waals surface area (Å²) < 4.78 is 1.23. The van der Waals surface area contributed by atoms with E-state index in [1.807, 2.05) is 37.3 Å². The van der Waals surface area contributed by atoms with Crippen molar-refractivity contribution in [2.75, 3.05) is 5.32 Å². The van der Waals surface area contributed by atoms with E-state index in [1.165, 1.54) is 16.8 Å². The molecule has 2 N–H and O–H groups in total. The summed E-state index contributed by atoms with van der Waals surface area (Å²) in [6, 6.07) is 17.4. The number of nitrogens with one attached hydrogen (secondary N) is 2. The molecule has 0 saturated carbocycles. The van der Waals surface area contributed by atoms with E-state index in [0.29, 0.717) is 5.69 Å². The van der Waals surface area contributed by atoms with Gasteiger partial charge < -0.3 is 5.32 Å². The minimum atomic E-state index is -0.341. The molecule has 1 aromatic heterocycles. The molecule has 6 nitrogen and oxygen atoms in total. The summed E-state index contributed by atoms with van der Waals surface area (Å²) >= 11 is 0. The topological polar surface area (TPSA) is 84.0 Å². The zero-order valence-corrected chi connectivity index (χ0v) is 14.4. The highest BCUT2D eigenvalue weighted by molar-refractivity contribution is 5.92. The van der Waals surface area contributed by atoms with Crippen molar-refractivity contribution in [3.8, 4) is 0 Å². The molecule has 0 saturated heterocycles. The molecule has 0 aliphatic rings. The van der Waals surface area contributed by atoms with E-state index in [2.05, 4.69) is 10.4 Å². The molecule has 2 aromatic carbocycles. The standard InChI is InChI=1S/C20H19N3O3/c1-14-5-7-15(8-6-14)12-19(25)21-17-4-2-3-16(11-17)13-23-20(26)10-9-18(24)22-23/h2-11H,12-13H2,1H3,(H,21,25)(H,22,24). The van der Waals surface area contributed by atoms with Crippen LogP contribution in [0.2, 0.25) is 0 Å². The lowest BCUT2D eigenvalue weighted by atomic mass is 10.1. The van der Waals surface area contributed by atoms with Gasteiger partial charge in [0.05, 0.1) is 13.0 Å². The Bertz CT molecular complexity index is 1030. The van der Waals surface area contributed by atoms with Gasteiger partial charge in [-0.2, -0.15) is 0 Å². The van der Waals surface area contributed by atoms with E-state index in [-0.39, 0.29) is 30.0 Å². The highest BCUT2D eigenvalue weighted by atomic mass is 16.2. The first-order valence-corrected chi connectivity index (χ1v) is 8.24. The number of carbonyl (C=O) groups excluding carboxylic acids is 1. The fourth-order valence-electron chi connectivity index (χ4n) is 2.61. The van der Waals surface area contributed by atoms with Crippen molar-refractivity contribution in [3.05, 3.63) is 98.1 Å². The van der Waals surface area contributed by atoms with Gasteiger partial charge in [0, 0.05) is 17.8 Å². The Hall–Kier alpha value is -3.41. The average Bonchev–Trinajstić information content (AvgIpc) is 2.60. The molecular weight excluding hydrogens is 330 g/mol. The first-order chi connectivity index (χ1) is 12.5. The van der Waals surface area contributed by atoms with Crippen LogP contribution in [0.25, 0.3) is 0 Å². The van der Waals surface area contributed by atoms with E-state index in [4.69, 9.17) is 0 Å². The first kappa shape index (κ1) is 17.4. The zero-order chi connectivity index (χ0) is 18.5. The van der Waals surface area contributed by atoms with E-state index in [0.717, 1.165) is 16.7 Å². The van der Waals surface area contributed by atoms with Crippen molar-refractivity contribution >= 4 is 11.6 Å². The Morgan fingerprint density at radius 1 is 1.00 bits per heavy atom. The maximum Gasteiger partial charge on any atom is 0.265 e. The van der Waals surface area contributed by atoms with Crippen molar-refractivity contribution in [1.29, 1.82) is 0 Å². The summed E-state index contributed by atoms with van der Waals surface area (Å²) in [4.78, 5) is 35.4. The Morgan fingerprint density at radius 3 is 2.54 bits per heavy atom. The predicted octanol–water partition coefficient (Wildman–Crippen LogP) is 2.07. The number of anilines is 1. The van der Waals surface area contributed by atoms with Crippen LogP contribution >= 0.6 is 0 Å². The lowest BCUT2D eigenvalue weighted by Crippen LogP contribution is -2.28. The number of aromatic amines is 1. The first-order valence-electron chi connectivity index (χ1n) is 8.24. The van der Waals surface area contributed by atoms with E-state index in [9.17, 15) is 14.4 Å². The number of amides is 1. The Kier molecular flexibility index (Phi) is 5.12.